The second-order valence-corrected chi connectivity index (χ2v) is 11.8. The number of rotatable bonds is 6. The fourth-order valence-corrected chi connectivity index (χ4v) is 5.69. The second-order valence-electron chi connectivity index (χ2n) is 8.80. The summed E-state index contributed by atoms with van der Waals surface area (Å²) in [5.74, 6) is 0. The molecule has 1 saturated heterocycles. The van der Waals surface area contributed by atoms with Crippen molar-refractivity contribution in [2.45, 2.75) is 30.4 Å². The molecule has 1 fully saturated rings. The highest BCUT2D eigenvalue weighted by Crippen LogP contribution is 2.33. The fourth-order valence-electron chi connectivity index (χ4n) is 4.14. The monoisotopic (exact) mass is 522 g/mol. The molecule has 7 nitrogen and oxygen atoms in total. The number of amides is 1. The zero-order chi connectivity index (χ0) is 25.1. The maximum Gasteiger partial charge on any atom is 0.410 e. The van der Waals surface area contributed by atoms with Gasteiger partial charge < -0.3 is 14.4 Å². The van der Waals surface area contributed by atoms with Crippen LogP contribution in [0.25, 0.3) is 21.3 Å². The van der Waals surface area contributed by atoms with Crippen LogP contribution in [-0.2, 0) is 21.2 Å². The van der Waals surface area contributed by atoms with Crippen LogP contribution in [0.1, 0.15) is 18.4 Å². The number of hydrogen-bond donors (Lipinski definition) is 0. The molecule has 0 aliphatic carbocycles. The molecule has 186 valence electrons. The average molecular weight is 523 g/mol. The molecule has 0 bridgehead atoms. The highest BCUT2D eigenvalue weighted by molar-refractivity contribution is 7.90. The number of carbonyl (C=O) groups is 1. The van der Waals surface area contributed by atoms with Crippen LogP contribution in [0.2, 0.25) is 0 Å². The number of likely N-dealkylation sites (tertiary alicyclic amines) is 1. The Labute approximate surface area is 214 Å². The molecule has 3 aromatic carbocycles. The Morgan fingerprint density at radius 1 is 1.00 bits per heavy atom. The second kappa shape index (κ2) is 10.3. The molecule has 9 heteroatoms. The van der Waals surface area contributed by atoms with E-state index in [1.807, 2.05) is 60.7 Å². The minimum atomic E-state index is -3.22. The van der Waals surface area contributed by atoms with E-state index in [1.54, 1.807) is 17.0 Å². The Bertz CT molecular complexity index is 1460. The quantitative estimate of drug-likeness (QED) is 0.330. The van der Waals surface area contributed by atoms with Crippen LogP contribution in [0, 0.1) is 0 Å². The molecule has 0 spiro atoms. The molecule has 1 aliphatic heterocycles. The molecule has 0 saturated carbocycles. The Morgan fingerprint density at radius 3 is 2.39 bits per heavy atom. The normalized spacial score (nSPS) is 14.6. The molecule has 0 atom stereocenters. The largest absolute Gasteiger partial charge is 0.467 e. The topological polar surface area (TPSA) is 85.8 Å². The van der Waals surface area contributed by atoms with Crippen LogP contribution in [0.15, 0.2) is 77.7 Å². The zero-order valence-corrected chi connectivity index (χ0v) is 21.4. The minimum absolute atomic E-state index is 0.00765. The van der Waals surface area contributed by atoms with Crippen molar-refractivity contribution in [3.05, 3.63) is 78.4 Å². The van der Waals surface area contributed by atoms with E-state index in [2.05, 4.69) is 4.98 Å². The lowest BCUT2D eigenvalue weighted by molar-refractivity contribution is 0.0638. The van der Waals surface area contributed by atoms with Crippen molar-refractivity contribution in [1.29, 1.82) is 0 Å². The van der Waals surface area contributed by atoms with Crippen LogP contribution in [0.5, 0.6) is 5.19 Å². The summed E-state index contributed by atoms with van der Waals surface area (Å²) in [5, 5.41) is 0.611. The summed E-state index contributed by atoms with van der Waals surface area (Å²) in [5.41, 5.74) is 3.74. The lowest BCUT2D eigenvalue weighted by atomic mass is 10.1. The number of hydrogen-bond acceptors (Lipinski definition) is 7. The molecule has 0 unspecified atom stereocenters. The van der Waals surface area contributed by atoms with Gasteiger partial charge in [0.2, 0.25) is 0 Å². The maximum absolute atomic E-state index is 12.4. The maximum atomic E-state index is 12.4. The molecule has 2 heterocycles. The first-order valence-electron chi connectivity index (χ1n) is 11.7. The van der Waals surface area contributed by atoms with Crippen LogP contribution >= 0.6 is 11.3 Å². The Balaban J connectivity index is 1.17. The standard InChI is InChI=1S/C27H26N2O5S2/c1-36(31,32)23-10-7-20(8-11-23)21-9-12-24-25(17-21)35-26(28-24)34-22-13-15-29(16-14-22)27(30)33-18-19-5-3-2-4-6-19/h2-12,17,22H,13-16,18H2,1H3. The summed E-state index contributed by atoms with van der Waals surface area (Å²) in [6.45, 7) is 1.43. The lowest BCUT2D eigenvalue weighted by Crippen LogP contribution is -2.42. The Hall–Kier alpha value is -3.43. The molecule has 4 aromatic rings. The van der Waals surface area contributed by atoms with Crippen molar-refractivity contribution in [2.24, 2.45) is 0 Å². The summed E-state index contributed by atoms with van der Waals surface area (Å²) in [6, 6.07) is 22.5. The molecule has 0 radical (unpaired) electrons. The number of ether oxygens (including phenoxy) is 2. The predicted molar refractivity (Wildman–Crippen MR) is 140 cm³/mol. The number of benzene rings is 3. The van der Waals surface area contributed by atoms with Gasteiger partial charge in [-0.15, -0.1) is 0 Å². The molecule has 0 N–H and O–H groups in total. The van der Waals surface area contributed by atoms with Crippen molar-refractivity contribution in [1.82, 2.24) is 9.88 Å². The Kier molecular flexibility index (Phi) is 6.93. The van der Waals surface area contributed by atoms with Gasteiger partial charge in [0.05, 0.1) is 15.1 Å². The van der Waals surface area contributed by atoms with Gasteiger partial charge in [-0.05, 0) is 41.0 Å². The first kappa shape index (κ1) is 24.3. The molecule has 36 heavy (non-hydrogen) atoms. The number of fused-ring (bicyclic) bond motifs is 1. The van der Waals surface area contributed by atoms with Gasteiger partial charge in [0.25, 0.3) is 5.19 Å². The number of aromatic nitrogens is 1. The number of piperidine rings is 1. The fraction of sp³-hybridized carbons (Fsp3) is 0.259. The number of carbonyl (C=O) groups excluding carboxylic acids is 1. The molecule has 5 rings (SSSR count). The van der Waals surface area contributed by atoms with E-state index in [4.69, 9.17) is 9.47 Å². The van der Waals surface area contributed by atoms with Gasteiger partial charge in [0.1, 0.15) is 12.7 Å². The van der Waals surface area contributed by atoms with Crippen molar-refractivity contribution in [3.63, 3.8) is 0 Å². The van der Waals surface area contributed by atoms with Gasteiger partial charge in [-0.1, -0.05) is 59.9 Å². The summed E-state index contributed by atoms with van der Waals surface area (Å²) in [6.07, 6.45) is 2.33. The van der Waals surface area contributed by atoms with Crippen molar-refractivity contribution in [3.8, 4) is 16.3 Å². The molecular formula is C27H26N2O5S2. The summed E-state index contributed by atoms with van der Waals surface area (Å²) in [7, 11) is -3.22. The van der Waals surface area contributed by atoms with Crippen molar-refractivity contribution < 1.29 is 22.7 Å². The first-order valence-corrected chi connectivity index (χ1v) is 14.4. The van der Waals surface area contributed by atoms with E-state index < -0.39 is 9.84 Å². The summed E-state index contributed by atoms with van der Waals surface area (Å²) in [4.78, 5) is 19.0. The number of thiazole rings is 1. The van der Waals surface area contributed by atoms with Gasteiger partial charge in [0.15, 0.2) is 9.84 Å². The van der Waals surface area contributed by atoms with E-state index in [0.717, 1.165) is 26.9 Å². The SMILES string of the molecule is CS(=O)(=O)c1ccc(-c2ccc3nc(OC4CCN(C(=O)OCc5ccccc5)CC4)sc3c2)cc1. The summed E-state index contributed by atoms with van der Waals surface area (Å²) >= 11 is 1.49. The third-order valence-electron chi connectivity index (χ3n) is 6.16. The van der Waals surface area contributed by atoms with E-state index in [9.17, 15) is 13.2 Å². The molecule has 1 aromatic heterocycles. The lowest BCUT2D eigenvalue weighted by Gasteiger charge is -2.30. The first-order chi connectivity index (χ1) is 17.3. The number of sulfone groups is 1. The zero-order valence-electron chi connectivity index (χ0n) is 19.8. The molecule has 1 aliphatic rings. The third-order valence-corrected chi connectivity index (χ3v) is 8.19. The van der Waals surface area contributed by atoms with Gasteiger partial charge >= 0.3 is 6.09 Å². The third kappa shape index (κ3) is 5.68. The van der Waals surface area contributed by atoms with Gasteiger partial charge in [-0.2, -0.15) is 0 Å². The van der Waals surface area contributed by atoms with Gasteiger partial charge in [-0.3, -0.25) is 0 Å². The van der Waals surface area contributed by atoms with E-state index in [-0.39, 0.29) is 18.8 Å². The summed E-state index contributed by atoms with van der Waals surface area (Å²) < 4.78 is 36.0. The number of nitrogens with zero attached hydrogens (tertiary/aromatic N) is 2. The smallest absolute Gasteiger partial charge is 0.410 e. The van der Waals surface area contributed by atoms with Gasteiger partial charge in [-0.25, -0.2) is 18.2 Å². The van der Waals surface area contributed by atoms with E-state index in [1.165, 1.54) is 17.6 Å². The highest BCUT2D eigenvalue weighted by Gasteiger charge is 2.25. The average Bonchev–Trinajstić information content (AvgIpc) is 3.29. The van der Waals surface area contributed by atoms with Crippen molar-refractivity contribution >= 4 is 37.5 Å². The van der Waals surface area contributed by atoms with E-state index in [0.29, 0.717) is 36.0 Å². The minimum Gasteiger partial charge on any atom is -0.467 e. The van der Waals surface area contributed by atoms with Crippen LogP contribution in [0.4, 0.5) is 4.79 Å². The Morgan fingerprint density at radius 2 is 1.69 bits per heavy atom. The van der Waals surface area contributed by atoms with Crippen LogP contribution in [0.3, 0.4) is 0 Å². The predicted octanol–water partition coefficient (Wildman–Crippen LogP) is 5.55. The highest BCUT2D eigenvalue weighted by atomic mass is 32.2. The van der Waals surface area contributed by atoms with Crippen molar-refractivity contribution in [2.75, 3.05) is 19.3 Å². The van der Waals surface area contributed by atoms with Crippen LogP contribution in [-0.4, -0.2) is 49.8 Å². The molecule has 1 amide bonds. The van der Waals surface area contributed by atoms with E-state index >= 15 is 0 Å². The van der Waals surface area contributed by atoms with Crippen LogP contribution < -0.4 is 4.74 Å². The van der Waals surface area contributed by atoms with Gasteiger partial charge in [0, 0.05) is 32.2 Å². The molecular weight excluding hydrogens is 496 g/mol.